The molecule has 0 radical (unpaired) electrons. The molecule has 0 aliphatic heterocycles. The summed E-state index contributed by atoms with van der Waals surface area (Å²) in [5, 5.41) is 10.4. The number of carbonyl (C=O) groups excluding carboxylic acids is 1. The summed E-state index contributed by atoms with van der Waals surface area (Å²) in [5.74, 6) is -1.81. The van der Waals surface area contributed by atoms with Crippen molar-refractivity contribution in [2.75, 3.05) is 0 Å². The summed E-state index contributed by atoms with van der Waals surface area (Å²) in [4.78, 5) is 10.4. The van der Waals surface area contributed by atoms with Gasteiger partial charge in [-0.25, -0.2) is 0 Å². The van der Waals surface area contributed by atoms with Crippen molar-refractivity contribution in [2.45, 2.75) is 18.2 Å². The molecule has 0 saturated heterocycles. The summed E-state index contributed by atoms with van der Waals surface area (Å²) < 4.78 is 29.8. The van der Waals surface area contributed by atoms with Crippen LogP contribution in [0.1, 0.15) is 11.1 Å². The Morgan fingerprint density at radius 3 is 2.11 bits per heavy atom. The van der Waals surface area contributed by atoms with Gasteiger partial charge in [0.25, 0.3) is 10.1 Å². The topological polar surface area (TPSA) is 121 Å². The van der Waals surface area contributed by atoms with Crippen molar-refractivity contribution >= 4 is 16.1 Å². The summed E-state index contributed by atoms with van der Waals surface area (Å²) in [7, 11) is -4.06. The van der Waals surface area contributed by atoms with Crippen molar-refractivity contribution in [1.82, 2.24) is 0 Å². The summed E-state index contributed by atoms with van der Waals surface area (Å²) in [5.41, 5.74) is 6.36. The normalized spacial score (nSPS) is 12.6. The molecule has 0 spiro atoms. The zero-order valence-corrected chi connectivity index (χ0v) is 12.7. The predicted octanol–water partition coefficient (Wildman–Crippen LogP) is -4.30. The number of hydrogen-bond donors (Lipinski definition) is 2. The summed E-state index contributed by atoms with van der Waals surface area (Å²) in [6.07, 6.45) is 0.106. The molecule has 8 heteroatoms. The van der Waals surface area contributed by atoms with Crippen LogP contribution in [0.4, 0.5) is 0 Å². The van der Waals surface area contributed by atoms with Crippen LogP contribution in [-0.2, 0) is 27.1 Å². The molecule has 0 aromatic heterocycles. The third kappa shape index (κ3) is 6.48. The largest absolute Gasteiger partial charge is 1.00 e. The monoisotopic (exact) mass is 281 g/mol. The maximum Gasteiger partial charge on any atom is 1.00 e. The van der Waals surface area contributed by atoms with Crippen molar-refractivity contribution in [1.29, 1.82) is 0 Å². The van der Waals surface area contributed by atoms with Gasteiger partial charge in [-0.1, -0.05) is 24.3 Å². The van der Waals surface area contributed by atoms with Crippen molar-refractivity contribution < 1.29 is 52.4 Å². The molecule has 6 nitrogen and oxygen atoms in total. The third-order valence-corrected chi connectivity index (χ3v) is 2.83. The van der Waals surface area contributed by atoms with Crippen LogP contribution >= 0.6 is 0 Å². The Hall–Kier alpha value is -0.440. The number of rotatable bonds is 5. The fraction of sp³-hybridized carbons (Fsp3) is 0.300. The van der Waals surface area contributed by atoms with Gasteiger partial charge in [-0.05, 0) is 17.5 Å². The van der Waals surface area contributed by atoms with Gasteiger partial charge in [0.2, 0.25) is 0 Å². The Balaban J connectivity index is 0.00000289. The first-order chi connectivity index (χ1) is 7.78. The minimum Gasteiger partial charge on any atom is -0.548 e. The van der Waals surface area contributed by atoms with E-state index in [9.17, 15) is 18.3 Å². The standard InChI is InChI=1S/C10H13NO5S.Na/c11-9(10(12)13)5-7-1-3-8(4-2-7)6-17(14,15)16;/h1-4,9H,5-6,11H2,(H,12,13)(H,14,15,16);/q;+1/p-1/t9-;/m0./s1. The van der Waals surface area contributed by atoms with Gasteiger partial charge in [0, 0.05) is 6.04 Å². The van der Waals surface area contributed by atoms with Crippen molar-refractivity contribution in [2.24, 2.45) is 5.73 Å². The van der Waals surface area contributed by atoms with Gasteiger partial charge < -0.3 is 15.6 Å². The van der Waals surface area contributed by atoms with Gasteiger partial charge in [-0.15, -0.1) is 0 Å². The number of carboxylic acid groups (broad SMARTS) is 1. The quantitative estimate of drug-likeness (QED) is 0.416. The van der Waals surface area contributed by atoms with E-state index in [4.69, 9.17) is 10.3 Å². The Kier molecular flexibility index (Phi) is 7.05. The number of carboxylic acids is 1. The Morgan fingerprint density at radius 1 is 1.28 bits per heavy atom. The number of carbonyl (C=O) groups is 1. The van der Waals surface area contributed by atoms with Gasteiger partial charge in [0.1, 0.15) is 5.75 Å². The average Bonchev–Trinajstić information content (AvgIpc) is 2.18. The van der Waals surface area contributed by atoms with E-state index in [1.807, 2.05) is 0 Å². The molecule has 0 fully saturated rings. The minimum absolute atomic E-state index is 0. The zero-order chi connectivity index (χ0) is 13.1. The van der Waals surface area contributed by atoms with Crippen LogP contribution in [0.5, 0.6) is 0 Å². The first-order valence-corrected chi connectivity index (χ1v) is 6.38. The molecule has 94 valence electrons. The van der Waals surface area contributed by atoms with E-state index >= 15 is 0 Å². The second-order valence-corrected chi connectivity index (χ2v) is 5.12. The second-order valence-electron chi connectivity index (χ2n) is 3.67. The smallest absolute Gasteiger partial charge is 0.548 e. The van der Waals surface area contributed by atoms with E-state index in [1.165, 1.54) is 12.1 Å². The average molecular weight is 281 g/mol. The summed E-state index contributed by atoms with van der Waals surface area (Å²) >= 11 is 0. The first-order valence-electron chi connectivity index (χ1n) is 4.77. The molecular weight excluding hydrogens is 269 g/mol. The maximum atomic E-state index is 10.6. The molecule has 1 aromatic carbocycles. The number of hydrogen-bond acceptors (Lipinski definition) is 5. The second kappa shape index (κ2) is 7.22. The Morgan fingerprint density at radius 2 is 1.72 bits per heavy atom. The summed E-state index contributed by atoms with van der Waals surface area (Å²) in [6.45, 7) is 0. The predicted molar refractivity (Wildman–Crippen MR) is 58.4 cm³/mol. The third-order valence-electron chi connectivity index (χ3n) is 2.13. The minimum atomic E-state index is -4.06. The molecule has 0 heterocycles. The molecule has 1 atom stereocenters. The maximum absolute atomic E-state index is 10.6. The van der Waals surface area contributed by atoms with Crippen molar-refractivity contribution in [3.63, 3.8) is 0 Å². The molecule has 1 aromatic rings. The van der Waals surface area contributed by atoms with Crippen molar-refractivity contribution in [3.8, 4) is 0 Å². The first kappa shape index (κ1) is 17.6. The van der Waals surface area contributed by atoms with Crippen molar-refractivity contribution in [3.05, 3.63) is 35.4 Å². The number of benzene rings is 1. The molecule has 1 rings (SSSR count). The van der Waals surface area contributed by atoms with Crippen LogP contribution in [0.3, 0.4) is 0 Å². The van der Waals surface area contributed by atoms with E-state index in [1.54, 1.807) is 12.1 Å². The van der Waals surface area contributed by atoms with E-state index < -0.39 is 27.9 Å². The fourth-order valence-corrected chi connectivity index (χ4v) is 1.93. The van der Waals surface area contributed by atoms with E-state index in [2.05, 4.69) is 0 Å². The molecule has 0 aliphatic carbocycles. The molecule has 0 unspecified atom stereocenters. The van der Waals surface area contributed by atoms with Crippen LogP contribution in [0.25, 0.3) is 0 Å². The molecule has 0 saturated carbocycles. The molecule has 0 amide bonds. The molecule has 18 heavy (non-hydrogen) atoms. The van der Waals surface area contributed by atoms with Crippen LogP contribution < -0.4 is 40.4 Å². The van der Waals surface area contributed by atoms with Crippen LogP contribution in [0, 0.1) is 0 Å². The van der Waals surface area contributed by atoms with E-state index in [0.717, 1.165) is 0 Å². The van der Waals surface area contributed by atoms with E-state index in [0.29, 0.717) is 11.1 Å². The molecular formula is C10H12NNaO5S. The zero-order valence-electron chi connectivity index (χ0n) is 9.87. The van der Waals surface area contributed by atoms with Gasteiger partial charge in [0.05, 0.1) is 5.97 Å². The van der Waals surface area contributed by atoms with Crippen LogP contribution in [0.15, 0.2) is 24.3 Å². The van der Waals surface area contributed by atoms with Gasteiger partial charge in [-0.2, -0.15) is 8.42 Å². The molecule has 0 bridgehead atoms. The number of nitrogens with two attached hydrogens (primary N) is 1. The molecule has 0 aliphatic rings. The van der Waals surface area contributed by atoms with Crippen LogP contribution in [0.2, 0.25) is 0 Å². The molecule has 3 N–H and O–H groups in total. The Labute approximate surface area is 127 Å². The van der Waals surface area contributed by atoms with Gasteiger partial charge in [-0.3, -0.25) is 4.55 Å². The number of aliphatic carboxylic acids is 1. The van der Waals surface area contributed by atoms with Gasteiger partial charge >= 0.3 is 29.6 Å². The van der Waals surface area contributed by atoms with Crippen LogP contribution in [-0.4, -0.2) is 25.0 Å². The SMILES string of the molecule is N[C@@H](Cc1ccc(CS(=O)(=O)O)cc1)C(=O)[O-].[Na+]. The van der Waals surface area contributed by atoms with E-state index in [-0.39, 0.29) is 36.0 Å². The van der Waals surface area contributed by atoms with Gasteiger partial charge in [0.15, 0.2) is 0 Å². The Bertz CT molecular complexity index is 500. The fourth-order valence-electron chi connectivity index (χ4n) is 1.32. The summed E-state index contributed by atoms with van der Waals surface area (Å²) in [6, 6.07) is 5.01.